The summed E-state index contributed by atoms with van der Waals surface area (Å²) < 4.78 is 7.24. The van der Waals surface area contributed by atoms with Crippen LogP contribution >= 0.6 is 11.3 Å². The van der Waals surface area contributed by atoms with Crippen molar-refractivity contribution in [3.05, 3.63) is 47.7 Å². The fourth-order valence-electron chi connectivity index (χ4n) is 2.03. The number of benzene rings is 1. The topological polar surface area (TPSA) is 69.0 Å². The number of nitrogens with zero attached hydrogens (tertiary/aromatic N) is 3. The van der Waals surface area contributed by atoms with E-state index in [-0.39, 0.29) is 12.5 Å². The summed E-state index contributed by atoms with van der Waals surface area (Å²) >= 11 is 1.39. The van der Waals surface area contributed by atoms with Crippen LogP contribution in [0.25, 0.3) is 11.1 Å². The number of carbonyl (C=O) groups is 1. The van der Waals surface area contributed by atoms with Gasteiger partial charge in [0.15, 0.2) is 11.7 Å². The molecule has 0 bridgehead atoms. The van der Waals surface area contributed by atoms with Crippen LogP contribution in [-0.4, -0.2) is 27.3 Å². The molecule has 7 heteroatoms. The quantitative estimate of drug-likeness (QED) is 0.782. The Hall–Kier alpha value is -2.67. The lowest BCUT2D eigenvalue weighted by molar-refractivity contribution is -0.118. The lowest BCUT2D eigenvalue weighted by atomic mass is 10.1. The van der Waals surface area contributed by atoms with E-state index in [4.69, 9.17) is 4.74 Å². The van der Waals surface area contributed by atoms with Gasteiger partial charge in [-0.2, -0.15) is 5.10 Å². The molecule has 0 saturated carbocycles. The molecule has 1 N–H and O–H groups in total. The second-order valence-electron chi connectivity index (χ2n) is 5.06. The van der Waals surface area contributed by atoms with Crippen molar-refractivity contribution in [3.8, 4) is 16.9 Å². The molecule has 2 aromatic heterocycles. The molecule has 6 nitrogen and oxygen atoms in total. The minimum atomic E-state index is -0.226. The summed E-state index contributed by atoms with van der Waals surface area (Å²) in [6.07, 6.45) is 3.75. The number of amides is 1. The third-order valence-corrected chi connectivity index (χ3v) is 4.00. The zero-order chi connectivity index (χ0) is 16.2. The van der Waals surface area contributed by atoms with Crippen molar-refractivity contribution in [1.82, 2.24) is 14.8 Å². The maximum atomic E-state index is 11.8. The second kappa shape index (κ2) is 6.62. The molecule has 118 valence electrons. The first-order chi connectivity index (χ1) is 11.1. The van der Waals surface area contributed by atoms with E-state index in [0.717, 1.165) is 16.8 Å². The lowest BCUT2D eigenvalue weighted by Crippen LogP contribution is -2.20. The van der Waals surface area contributed by atoms with E-state index in [2.05, 4.69) is 15.4 Å². The Morgan fingerprint density at radius 2 is 2.09 bits per heavy atom. The summed E-state index contributed by atoms with van der Waals surface area (Å²) in [5, 5.41) is 9.32. The van der Waals surface area contributed by atoms with Gasteiger partial charge in [-0.3, -0.25) is 14.8 Å². The van der Waals surface area contributed by atoms with Crippen molar-refractivity contribution in [2.45, 2.75) is 6.92 Å². The lowest BCUT2D eigenvalue weighted by Gasteiger charge is -2.06. The Kier molecular flexibility index (Phi) is 4.38. The highest BCUT2D eigenvalue weighted by molar-refractivity contribution is 7.13. The molecule has 0 unspecified atom stereocenters. The molecule has 3 rings (SSSR count). The standard InChI is InChI=1S/C16H16N4O2S/c1-11-10-23-16(18-11)19-15(21)9-22-14-5-3-12(4-6-14)13-7-17-20(2)8-13/h3-8,10H,9H2,1-2H3,(H,18,19,21). The predicted octanol–water partition coefficient (Wildman–Crippen LogP) is 2.87. The van der Waals surface area contributed by atoms with Crippen molar-refractivity contribution in [2.24, 2.45) is 7.05 Å². The molecule has 23 heavy (non-hydrogen) atoms. The van der Waals surface area contributed by atoms with Gasteiger partial charge in [0.1, 0.15) is 5.75 Å². The van der Waals surface area contributed by atoms with Crippen LogP contribution in [0.15, 0.2) is 42.0 Å². The number of thiazole rings is 1. The predicted molar refractivity (Wildman–Crippen MR) is 89.6 cm³/mol. The van der Waals surface area contributed by atoms with Gasteiger partial charge >= 0.3 is 0 Å². The normalized spacial score (nSPS) is 10.5. The van der Waals surface area contributed by atoms with Gasteiger partial charge in [-0.25, -0.2) is 4.98 Å². The molecule has 2 heterocycles. The van der Waals surface area contributed by atoms with Gasteiger partial charge in [0.05, 0.1) is 11.9 Å². The Morgan fingerprint density at radius 3 is 2.70 bits per heavy atom. The zero-order valence-electron chi connectivity index (χ0n) is 12.8. The number of rotatable bonds is 5. The fourth-order valence-corrected chi connectivity index (χ4v) is 2.73. The molecule has 0 aliphatic rings. The molecule has 0 spiro atoms. The molecular formula is C16H16N4O2S. The molecule has 0 aliphatic carbocycles. The van der Waals surface area contributed by atoms with Gasteiger partial charge in [0.25, 0.3) is 5.91 Å². The van der Waals surface area contributed by atoms with Crippen LogP contribution in [0, 0.1) is 6.92 Å². The van der Waals surface area contributed by atoms with Crippen LogP contribution in [0.3, 0.4) is 0 Å². The van der Waals surface area contributed by atoms with Crippen LogP contribution in [0.2, 0.25) is 0 Å². The smallest absolute Gasteiger partial charge is 0.264 e. The Bertz CT molecular complexity index is 808. The molecule has 1 amide bonds. The van der Waals surface area contributed by atoms with Crippen LogP contribution in [0.5, 0.6) is 5.75 Å². The van der Waals surface area contributed by atoms with Gasteiger partial charge in [-0.15, -0.1) is 11.3 Å². The first-order valence-electron chi connectivity index (χ1n) is 7.04. The summed E-state index contributed by atoms with van der Waals surface area (Å²) in [4.78, 5) is 16.0. The first-order valence-corrected chi connectivity index (χ1v) is 7.92. The Balaban J connectivity index is 1.55. The molecule has 1 aromatic carbocycles. The molecule has 0 saturated heterocycles. The minimum Gasteiger partial charge on any atom is -0.484 e. The zero-order valence-corrected chi connectivity index (χ0v) is 13.6. The van der Waals surface area contributed by atoms with Crippen LogP contribution < -0.4 is 10.1 Å². The summed E-state index contributed by atoms with van der Waals surface area (Å²) in [5.41, 5.74) is 2.97. The first kappa shape index (κ1) is 15.2. The maximum absolute atomic E-state index is 11.8. The molecule has 0 fully saturated rings. The average molecular weight is 328 g/mol. The van der Waals surface area contributed by atoms with Crippen molar-refractivity contribution in [1.29, 1.82) is 0 Å². The van der Waals surface area contributed by atoms with E-state index in [1.807, 2.05) is 49.8 Å². The Morgan fingerprint density at radius 1 is 1.30 bits per heavy atom. The summed E-state index contributed by atoms with van der Waals surface area (Å²) in [5.74, 6) is 0.416. The molecule has 3 aromatic rings. The molecule has 0 atom stereocenters. The maximum Gasteiger partial charge on any atom is 0.264 e. The molecular weight excluding hydrogens is 312 g/mol. The van der Waals surface area contributed by atoms with Gasteiger partial charge in [0.2, 0.25) is 0 Å². The fraction of sp³-hybridized carbons (Fsp3) is 0.188. The van der Waals surface area contributed by atoms with Crippen molar-refractivity contribution < 1.29 is 9.53 Å². The highest BCUT2D eigenvalue weighted by atomic mass is 32.1. The largest absolute Gasteiger partial charge is 0.484 e. The highest BCUT2D eigenvalue weighted by Gasteiger charge is 2.07. The van der Waals surface area contributed by atoms with E-state index in [1.165, 1.54) is 11.3 Å². The van der Waals surface area contributed by atoms with Gasteiger partial charge < -0.3 is 4.74 Å². The van der Waals surface area contributed by atoms with Crippen molar-refractivity contribution in [2.75, 3.05) is 11.9 Å². The second-order valence-corrected chi connectivity index (χ2v) is 5.92. The van der Waals surface area contributed by atoms with Gasteiger partial charge in [-0.05, 0) is 24.6 Å². The van der Waals surface area contributed by atoms with E-state index in [1.54, 1.807) is 10.9 Å². The number of hydrogen-bond donors (Lipinski definition) is 1. The van der Waals surface area contributed by atoms with E-state index in [0.29, 0.717) is 10.9 Å². The number of hydrogen-bond acceptors (Lipinski definition) is 5. The van der Waals surface area contributed by atoms with Crippen LogP contribution in [0.1, 0.15) is 5.69 Å². The number of anilines is 1. The summed E-state index contributed by atoms with van der Waals surface area (Å²) in [6.45, 7) is 1.83. The number of nitrogens with one attached hydrogen (secondary N) is 1. The number of carbonyl (C=O) groups excluding carboxylic acids is 1. The highest BCUT2D eigenvalue weighted by Crippen LogP contribution is 2.21. The number of aryl methyl sites for hydroxylation is 2. The van der Waals surface area contributed by atoms with Crippen LogP contribution in [0.4, 0.5) is 5.13 Å². The van der Waals surface area contributed by atoms with E-state index < -0.39 is 0 Å². The average Bonchev–Trinajstić information content (AvgIpc) is 3.14. The Labute approximate surface area is 137 Å². The molecule has 0 aliphatic heterocycles. The van der Waals surface area contributed by atoms with Crippen molar-refractivity contribution >= 4 is 22.4 Å². The van der Waals surface area contributed by atoms with E-state index >= 15 is 0 Å². The summed E-state index contributed by atoms with van der Waals surface area (Å²) in [7, 11) is 1.88. The van der Waals surface area contributed by atoms with E-state index in [9.17, 15) is 4.79 Å². The summed E-state index contributed by atoms with van der Waals surface area (Å²) in [6, 6.07) is 7.55. The third-order valence-electron chi connectivity index (χ3n) is 3.13. The van der Waals surface area contributed by atoms with Crippen molar-refractivity contribution in [3.63, 3.8) is 0 Å². The van der Waals surface area contributed by atoms with Crippen LogP contribution in [-0.2, 0) is 11.8 Å². The minimum absolute atomic E-state index is 0.0507. The SMILES string of the molecule is Cc1csc(NC(=O)COc2ccc(-c3cnn(C)c3)cc2)n1. The molecule has 0 radical (unpaired) electrons. The number of aromatic nitrogens is 3. The monoisotopic (exact) mass is 328 g/mol. The third kappa shape index (κ3) is 3.95. The van der Waals surface area contributed by atoms with Gasteiger partial charge in [0, 0.05) is 24.2 Å². The number of ether oxygens (including phenoxy) is 1. The van der Waals surface area contributed by atoms with Gasteiger partial charge in [-0.1, -0.05) is 12.1 Å².